The minimum absolute atomic E-state index is 0.0177. The molecule has 1 aliphatic heterocycles. The summed E-state index contributed by atoms with van der Waals surface area (Å²) in [6, 6.07) is 18.0. The van der Waals surface area contributed by atoms with E-state index in [1.54, 1.807) is 0 Å². The average Bonchev–Trinajstić information content (AvgIpc) is 2.81. The molecule has 1 aliphatic rings. The van der Waals surface area contributed by atoms with Crippen LogP contribution < -0.4 is 10.6 Å². The van der Waals surface area contributed by atoms with Crippen LogP contribution in [0.25, 0.3) is 0 Å². The van der Waals surface area contributed by atoms with Gasteiger partial charge in [0, 0.05) is 32.6 Å². The Hall–Kier alpha value is -2.86. The van der Waals surface area contributed by atoms with Crippen molar-refractivity contribution in [3.8, 4) is 0 Å². The molecule has 2 aromatic carbocycles. The standard InChI is InChI=1S/C26H35N3O3/c1-21-7-6-16-29(18-21)19-23-13-11-22(12-14-23)17-28-25(30)10-5-15-27-26(31)32-20-24-8-3-2-4-9-24/h2-4,8-9,11-14,21H,5-7,10,15-20H2,1H3,(H,27,31)(H,28,30). The molecule has 1 atom stereocenters. The molecular formula is C26H35N3O3. The zero-order chi connectivity index (χ0) is 22.6. The van der Waals surface area contributed by atoms with Crippen molar-refractivity contribution in [3.05, 3.63) is 71.3 Å². The van der Waals surface area contributed by atoms with E-state index in [9.17, 15) is 9.59 Å². The third-order valence-electron chi connectivity index (χ3n) is 5.72. The van der Waals surface area contributed by atoms with E-state index in [0.29, 0.717) is 25.9 Å². The summed E-state index contributed by atoms with van der Waals surface area (Å²) in [5, 5.41) is 5.63. The van der Waals surface area contributed by atoms with Gasteiger partial charge in [0.1, 0.15) is 6.61 Å². The number of amides is 2. The SMILES string of the molecule is CC1CCCN(Cc2ccc(CNC(=O)CCCNC(=O)OCc3ccccc3)cc2)C1. The van der Waals surface area contributed by atoms with Crippen LogP contribution in [0.3, 0.4) is 0 Å². The lowest BCUT2D eigenvalue weighted by molar-refractivity contribution is -0.121. The number of carbonyl (C=O) groups excluding carboxylic acids is 2. The van der Waals surface area contributed by atoms with E-state index in [1.165, 1.54) is 31.5 Å². The number of hydrogen-bond acceptors (Lipinski definition) is 4. The molecule has 32 heavy (non-hydrogen) atoms. The van der Waals surface area contributed by atoms with Gasteiger partial charge in [-0.25, -0.2) is 4.79 Å². The summed E-state index contributed by atoms with van der Waals surface area (Å²) in [7, 11) is 0. The van der Waals surface area contributed by atoms with Gasteiger partial charge in [-0.05, 0) is 48.4 Å². The molecule has 1 unspecified atom stereocenters. The smallest absolute Gasteiger partial charge is 0.407 e. The lowest BCUT2D eigenvalue weighted by atomic mass is 9.99. The zero-order valence-corrected chi connectivity index (χ0v) is 19.0. The van der Waals surface area contributed by atoms with Crippen LogP contribution in [0.4, 0.5) is 4.79 Å². The summed E-state index contributed by atoms with van der Waals surface area (Å²) in [5.41, 5.74) is 3.35. The first-order valence-electron chi connectivity index (χ1n) is 11.6. The van der Waals surface area contributed by atoms with Crippen LogP contribution in [-0.4, -0.2) is 36.5 Å². The quantitative estimate of drug-likeness (QED) is 0.546. The highest BCUT2D eigenvalue weighted by molar-refractivity contribution is 5.76. The molecular weight excluding hydrogens is 402 g/mol. The minimum atomic E-state index is -0.464. The first kappa shape index (κ1) is 23.8. The second kappa shape index (κ2) is 12.9. The Labute approximate surface area is 191 Å². The number of nitrogens with zero attached hydrogens (tertiary/aromatic N) is 1. The number of likely N-dealkylation sites (tertiary alicyclic amines) is 1. The molecule has 6 nitrogen and oxygen atoms in total. The van der Waals surface area contributed by atoms with Crippen molar-refractivity contribution in [2.24, 2.45) is 5.92 Å². The third-order valence-corrected chi connectivity index (χ3v) is 5.72. The molecule has 0 spiro atoms. The highest BCUT2D eigenvalue weighted by Crippen LogP contribution is 2.18. The maximum Gasteiger partial charge on any atom is 0.407 e. The van der Waals surface area contributed by atoms with Crippen molar-refractivity contribution in [2.45, 2.75) is 52.3 Å². The molecule has 6 heteroatoms. The number of ether oxygens (including phenoxy) is 1. The van der Waals surface area contributed by atoms with Gasteiger partial charge in [-0.3, -0.25) is 9.69 Å². The van der Waals surface area contributed by atoms with Crippen LogP contribution in [0, 0.1) is 5.92 Å². The molecule has 0 saturated carbocycles. The molecule has 1 heterocycles. The number of alkyl carbamates (subject to hydrolysis) is 1. The number of piperidine rings is 1. The summed E-state index contributed by atoms with van der Waals surface area (Å²) >= 11 is 0. The minimum Gasteiger partial charge on any atom is -0.445 e. The molecule has 0 bridgehead atoms. The van der Waals surface area contributed by atoms with E-state index < -0.39 is 6.09 Å². The molecule has 0 aliphatic carbocycles. The Morgan fingerprint density at radius 2 is 1.75 bits per heavy atom. The summed E-state index contributed by atoms with van der Waals surface area (Å²) in [6.07, 6.45) is 3.09. The maximum absolute atomic E-state index is 12.1. The van der Waals surface area contributed by atoms with Gasteiger partial charge in [-0.1, -0.05) is 61.5 Å². The van der Waals surface area contributed by atoms with Crippen molar-refractivity contribution >= 4 is 12.0 Å². The predicted molar refractivity (Wildman–Crippen MR) is 126 cm³/mol. The van der Waals surface area contributed by atoms with E-state index >= 15 is 0 Å². The fourth-order valence-corrected chi connectivity index (χ4v) is 3.95. The molecule has 2 aromatic rings. The van der Waals surface area contributed by atoms with Crippen molar-refractivity contribution in [1.29, 1.82) is 0 Å². The van der Waals surface area contributed by atoms with E-state index in [2.05, 4.69) is 46.7 Å². The van der Waals surface area contributed by atoms with E-state index in [0.717, 1.165) is 23.6 Å². The summed E-state index contributed by atoms with van der Waals surface area (Å²) in [4.78, 5) is 26.3. The fourth-order valence-electron chi connectivity index (χ4n) is 3.95. The maximum atomic E-state index is 12.1. The van der Waals surface area contributed by atoms with Crippen molar-refractivity contribution in [2.75, 3.05) is 19.6 Å². The topological polar surface area (TPSA) is 70.7 Å². The van der Waals surface area contributed by atoms with Crippen LogP contribution >= 0.6 is 0 Å². The second-order valence-electron chi connectivity index (χ2n) is 8.67. The first-order chi connectivity index (χ1) is 15.6. The summed E-state index contributed by atoms with van der Waals surface area (Å²) in [6.45, 7) is 6.85. The van der Waals surface area contributed by atoms with Gasteiger partial charge in [0.25, 0.3) is 0 Å². The highest BCUT2D eigenvalue weighted by Gasteiger charge is 2.16. The Morgan fingerprint density at radius 3 is 2.50 bits per heavy atom. The van der Waals surface area contributed by atoms with Crippen LogP contribution in [0.5, 0.6) is 0 Å². The summed E-state index contributed by atoms with van der Waals surface area (Å²) < 4.78 is 5.15. The molecule has 1 fully saturated rings. The van der Waals surface area contributed by atoms with Crippen molar-refractivity contribution in [3.63, 3.8) is 0 Å². The lowest BCUT2D eigenvalue weighted by Crippen LogP contribution is -2.33. The molecule has 0 aromatic heterocycles. The number of rotatable bonds is 10. The number of nitrogens with one attached hydrogen (secondary N) is 2. The Morgan fingerprint density at radius 1 is 1.00 bits per heavy atom. The number of carbonyl (C=O) groups is 2. The molecule has 2 amide bonds. The monoisotopic (exact) mass is 437 g/mol. The van der Waals surface area contributed by atoms with Crippen LogP contribution in [0.1, 0.15) is 49.3 Å². The molecule has 172 valence electrons. The van der Waals surface area contributed by atoms with Gasteiger partial charge in [0.15, 0.2) is 0 Å². The Kier molecular flexibility index (Phi) is 9.57. The van der Waals surface area contributed by atoms with Gasteiger partial charge in [0.2, 0.25) is 5.91 Å². The third kappa shape index (κ3) is 8.71. The normalized spacial score (nSPS) is 16.3. The van der Waals surface area contributed by atoms with E-state index in [-0.39, 0.29) is 12.5 Å². The largest absolute Gasteiger partial charge is 0.445 e. The average molecular weight is 438 g/mol. The lowest BCUT2D eigenvalue weighted by Gasteiger charge is -2.30. The van der Waals surface area contributed by atoms with Gasteiger partial charge in [-0.15, -0.1) is 0 Å². The summed E-state index contributed by atoms with van der Waals surface area (Å²) in [5.74, 6) is 0.768. The predicted octanol–water partition coefficient (Wildman–Crippen LogP) is 4.24. The van der Waals surface area contributed by atoms with Crippen LogP contribution in [-0.2, 0) is 29.2 Å². The van der Waals surface area contributed by atoms with Gasteiger partial charge in [0.05, 0.1) is 0 Å². The fraction of sp³-hybridized carbons (Fsp3) is 0.462. The van der Waals surface area contributed by atoms with Crippen molar-refractivity contribution < 1.29 is 14.3 Å². The molecule has 2 N–H and O–H groups in total. The number of hydrogen-bond donors (Lipinski definition) is 2. The Balaban J connectivity index is 1.25. The molecule has 0 radical (unpaired) electrons. The van der Waals surface area contributed by atoms with Crippen LogP contribution in [0.2, 0.25) is 0 Å². The number of benzene rings is 2. The molecule has 3 rings (SSSR count). The van der Waals surface area contributed by atoms with Crippen molar-refractivity contribution in [1.82, 2.24) is 15.5 Å². The van der Waals surface area contributed by atoms with Gasteiger partial charge >= 0.3 is 6.09 Å². The van der Waals surface area contributed by atoms with E-state index in [4.69, 9.17) is 4.74 Å². The highest BCUT2D eigenvalue weighted by atomic mass is 16.5. The first-order valence-corrected chi connectivity index (χ1v) is 11.6. The zero-order valence-electron chi connectivity index (χ0n) is 19.0. The van der Waals surface area contributed by atoms with Gasteiger partial charge < -0.3 is 15.4 Å². The van der Waals surface area contributed by atoms with E-state index in [1.807, 2.05) is 30.3 Å². The Bertz CT molecular complexity index is 839. The van der Waals surface area contributed by atoms with Gasteiger partial charge in [-0.2, -0.15) is 0 Å². The van der Waals surface area contributed by atoms with Crippen LogP contribution in [0.15, 0.2) is 54.6 Å². The second-order valence-corrected chi connectivity index (χ2v) is 8.67. The molecule has 1 saturated heterocycles.